The minimum atomic E-state index is 0.228. The van der Waals surface area contributed by atoms with Crippen LogP contribution in [0.4, 0.5) is 0 Å². The topological polar surface area (TPSA) is 75.8 Å². The molecule has 1 heterocycles. The summed E-state index contributed by atoms with van der Waals surface area (Å²) in [7, 11) is 1.60. The van der Waals surface area contributed by atoms with Crippen LogP contribution in [0.2, 0.25) is 5.02 Å². The molecule has 0 saturated carbocycles. The summed E-state index contributed by atoms with van der Waals surface area (Å²) in [6, 6.07) is 9.56. The molecule has 0 spiro atoms. The van der Waals surface area contributed by atoms with Crippen molar-refractivity contribution in [1.29, 1.82) is 0 Å². The zero-order valence-electron chi connectivity index (χ0n) is 12.7. The number of hydrogen-bond acceptors (Lipinski definition) is 3. The maximum Gasteiger partial charge on any atom is 0.158 e. The minimum Gasteiger partial charge on any atom is -0.495 e. The molecule has 2 rings (SSSR count). The van der Waals surface area contributed by atoms with E-state index in [1.807, 2.05) is 30.3 Å². The first-order valence-electron chi connectivity index (χ1n) is 7.41. The monoisotopic (exact) mass is 326 g/mol. The Morgan fingerprint density at radius 1 is 1.14 bits per heavy atom. The highest BCUT2D eigenvalue weighted by Crippen LogP contribution is 2.30. The molecule has 0 aliphatic heterocycles. The molecule has 6 heteroatoms. The summed E-state index contributed by atoms with van der Waals surface area (Å²) in [5.74, 6) is 2.40. The third kappa shape index (κ3) is 4.74. The Balaban J connectivity index is 1.87. The standard InChI is InChI=1S/C16H21ClN2O3/c1-21-16-4-2-12(10-14(16)17)15-5-3-13(22-15)11-19-7-6-18-8-9-20/h2-5,10,18-20H,6-9,11H2,1H3/p+2. The van der Waals surface area contributed by atoms with Crippen LogP contribution in [0.3, 0.4) is 0 Å². The molecule has 0 fully saturated rings. The summed E-state index contributed by atoms with van der Waals surface area (Å²) >= 11 is 6.14. The van der Waals surface area contributed by atoms with Crippen molar-refractivity contribution >= 4 is 11.6 Å². The van der Waals surface area contributed by atoms with Crippen LogP contribution in [0, 0.1) is 0 Å². The molecule has 120 valence electrons. The van der Waals surface area contributed by atoms with Gasteiger partial charge in [0.2, 0.25) is 0 Å². The van der Waals surface area contributed by atoms with Crippen LogP contribution in [-0.4, -0.2) is 38.5 Å². The van der Waals surface area contributed by atoms with E-state index in [9.17, 15) is 0 Å². The van der Waals surface area contributed by atoms with E-state index in [0.717, 1.165) is 43.3 Å². The summed E-state index contributed by atoms with van der Waals surface area (Å²) in [6.45, 7) is 3.77. The molecule has 2 aromatic rings. The van der Waals surface area contributed by atoms with Crippen LogP contribution in [0.25, 0.3) is 11.3 Å². The number of aliphatic hydroxyl groups is 1. The van der Waals surface area contributed by atoms with Crippen LogP contribution >= 0.6 is 11.6 Å². The highest BCUT2D eigenvalue weighted by atomic mass is 35.5. The van der Waals surface area contributed by atoms with Crippen molar-refractivity contribution in [2.45, 2.75) is 6.54 Å². The Kier molecular flexibility index (Phi) is 6.74. The largest absolute Gasteiger partial charge is 0.495 e. The molecule has 5 nitrogen and oxygen atoms in total. The summed E-state index contributed by atoms with van der Waals surface area (Å²) in [6.07, 6.45) is 0. The maximum atomic E-state index is 8.69. The van der Waals surface area contributed by atoms with Crippen LogP contribution in [0.1, 0.15) is 5.76 Å². The second kappa shape index (κ2) is 8.80. The van der Waals surface area contributed by atoms with Gasteiger partial charge in [-0.1, -0.05) is 11.6 Å². The van der Waals surface area contributed by atoms with Crippen molar-refractivity contribution in [3.05, 3.63) is 41.1 Å². The van der Waals surface area contributed by atoms with E-state index in [1.54, 1.807) is 7.11 Å². The van der Waals surface area contributed by atoms with Gasteiger partial charge in [-0.2, -0.15) is 0 Å². The quantitative estimate of drug-likeness (QED) is 0.577. The second-order valence-corrected chi connectivity index (χ2v) is 5.39. The highest BCUT2D eigenvalue weighted by Gasteiger charge is 2.09. The van der Waals surface area contributed by atoms with Gasteiger partial charge >= 0.3 is 0 Å². The molecule has 22 heavy (non-hydrogen) atoms. The van der Waals surface area contributed by atoms with Crippen molar-refractivity contribution in [2.75, 3.05) is 33.4 Å². The fraction of sp³-hybridized carbons (Fsp3) is 0.375. The summed E-state index contributed by atoms with van der Waals surface area (Å²) < 4.78 is 11.0. The molecule has 0 aliphatic carbocycles. The molecule has 0 aliphatic rings. The molecule has 0 unspecified atom stereocenters. The number of methoxy groups -OCH3 is 1. The number of ether oxygens (including phenoxy) is 1. The fourth-order valence-electron chi connectivity index (χ4n) is 2.18. The van der Waals surface area contributed by atoms with Gasteiger partial charge in [0.25, 0.3) is 0 Å². The zero-order chi connectivity index (χ0) is 15.8. The van der Waals surface area contributed by atoms with E-state index in [2.05, 4.69) is 10.6 Å². The van der Waals surface area contributed by atoms with Gasteiger partial charge in [-0.15, -0.1) is 0 Å². The normalized spacial score (nSPS) is 10.9. The van der Waals surface area contributed by atoms with Gasteiger partial charge in [-0.25, -0.2) is 0 Å². The van der Waals surface area contributed by atoms with E-state index in [0.29, 0.717) is 10.8 Å². The van der Waals surface area contributed by atoms with Crippen LogP contribution in [0.5, 0.6) is 5.75 Å². The highest BCUT2D eigenvalue weighted by molar-refractivity contribution is 6.32. The van der Waals surface area contributed by atoms with Crippen molar-refractivity contribution in [3.8, 4) is 17.1 Å². The van der Waals surface area contributed by atoms with E-state index in [4.69, 9.17) is 25.9 Å². The Morgan fingerprint density at radius 3 is 2.68 bits per heavy atom. The van der Waals surface area contributed by atoms with Crippen LogP contribution in [0.15, 0.2) is 34.7 Å². The molecule has 1 aromatic carbocycles. The van der Waals surface area contributed by atoms with Crippen molar-refractivity contribution in [1.82, 2.24) is 0 Å². The SMILES string of the molecule is COc1ccc(-c2ccc(C[NH2+]CC[NH2+]CCO)o2)cc1Cl. The number of hydrogen-bond donors (Lipinski definition) is 3. The fourth-order valence-corrected chi connectivity index (χ4v) is 2.44. The predicted molar refractivity (Wildman–Crippen MR) is 84.9 cm³/mol. The van der Waals surface area contributed by atoms with Gasteiger partial charge in [-0.3, -0.25) is 0 Å². The lowest BCUT2D eigenvalue weighted by atomic mass is 10.2. The number of rotatable bonds is 9. The third-order valence-electron chi connectivity index (χ3n) is 3.35. The smallest absolute Gasteiger partial charge is 0.158 e. The van der Waals surface area contributed by atoms with E-state index >= 15 is 0 Å². The summed E-state index contributed by atoms with van der Waals surface area (Å²) in [4.78, 5) is 0. The Hall–Kier alpha value is -1.53. The summed E-state index contributed by atoms with van der Waals surface area (Å²) in [5.41, 5.74) is 0.938. The van der Waals surface area contributed by atoms with Gasteiger partial charge in [0.1, 0.15) is 31.1 Å². The van der Waals surface area contributed by atoms with Gasteiger partial charge in [0.05, 0.1) is 25.3 Å². The maximum absolute atomic E-state index is 8.69. The lowest BCUT2D eigenvalue weighted by Gasteiger charge is -2.04. The van der Waals surface area contributed by atoms with E-state index < -0.39 is 0 Å². The van der Waals surface area contributed by atoms with E-state index in [-0.39, 0.29) is 6.61 Å². The Bertz CT molecular complexity index is 587. The Morgan fingerprint density at radius 2 is 1.95 bits per heavy atom. The lowest BCUT2D eigenvalue weighted by molar-refractivity contribution is -0.732. The van der Waals surface area contributed by atoms with Gasteiger partial charge in [0.15, 0.2) is 5.76 Å². The minimum absolute atomic E-state index is 0.228. The van der Waals surface area contributed by atoms with Crippen molar-refractivity contribution < 1.29 is 24.9 Å². The van der Waals surface area contributed by atoms with Crippen molar-refractivity contribution in [3.63, 3.8) is 0 Å². The first-order chi connectivity index (χ1) is 10.7. The molecule has 0 bridgehead atoms. The number of halogens is 1. The van der Waals surface area contributed by atoms with Gasteiger partial charge < -0.3 is 24.9 Å². The number of aliphatic hydroxyl groups excluding tert-OH is 1. The average molecular weight is 327 g/mol. The molecular weight excluding hydrogens is 304 g/mol. The van der Waals surface area contributed by atoms with Gasteiger partial charge in [0, 0.05) is 5.56 Å². The first-order valence-corrected chi connectivity index (χ1v) is 7.79. The molecular formula is C16H23ClN2O3+2. The molecule has 5 N–H and O–H groups in total. The van der Waals surface area contributed by atoms with Gasteiger partial charge in [-0.05, 0) is 30.3 Å². The average Bonchev–Trinajstić information content (AvgIpc) is 2.99. The molecule has 0 amide bonds. The molecule has 0 saturated heterocycles. The zero-order valence-corrected chi connectivity index (χ0v) is 13.5. The first kappa shape index (κ1) is 16.8. The molecule has 0 atom stereocenters. The van der Waals surface area contributed by atoms with Crippen LogP contribution < -0.4 is 15.4 Å². The second-order valence-electron chi connectivity index (χ2n) is 4.99. The molecule has 1 aromatic heterocycles. The third-order valence-corrected chi connectivity index (χ3v) is 3.65. The number of benzene rings is 1. The van der Waals surface area contributed by atoms with Crippen molar-refractivity contribution in [2.24, 2.45) is 0 Å². The number of quaternary nitrogens is 2. The predicted octanol–water partition coefficient (Wildman–Crippen LogP) is 0.228. The summed E-state index contributed by atoms with van der Waals surface area (Å²) in [5, 5.41) is 13.6. The molecule has 0 radical (unpaired) electrons. The number of nitrogens with two attached hydrogens (primary N) is 2. The Labute approximate surface area is 135 Å². The van der Waals surface area contributed by atoms with E-state index in [1.165, 1.54) is 0 Å². The van der Waals surface area contributed by atoms with Crippen LogP contribution in [-0.2, 0) is 6.54 Å². The lowest BCUT2D eigenvalue weighted by Crippen LogP contribution is -2.94. The number of furan rings is 1.